The molecule has 0 fully saturated rings. The van der Waals surface area contributed by atoms with Crippen molar-refractivity contribution in [2.24, 2.45) is 0 Å². The van der Waals surface area contributed by atoms with Crippen molar-refractivity contribution in [1.82, 2.24) is 14.8 Å². The third-order valence-corrected chi connectivity index (χ3v) is 6.43. The first-order valence-corrected chi connectivity index (χ1v) is 12.1. The van der Waals surface area contributed by atoms with Gasteiger partial charge in [-0.25, -0.2) is 0 Å². The van der Waals surface area contributed by atoms with Gasteiger partial charge in [0.25, 0.3) is 0 Å². The van der Waals surface area contributed by atoms with Gasteiger partial charge in [-0.1, -0.05) is 78.8 Å². The van der Waals surface area contributed by atoms with Crippen LogP contribution < -0.4 is 5.32 Å². The zero-order valence-electron chi connectivity index (χ0n) is 19.2. The van der Waals surface area contributed by atoms with E-state index in [0.717, 1.165) is 29.2 Å². The predicted octanol–water partition coefficient (Wildman–Crippen LogP) is 5.77. The molecule has 0 saturated carbocycles. The molecule has 0 atom stereocenters. The van der Waals surface area contributed by atoms with Crippen molar-refractivity contribution in [3.8, 4) is 5.69 Å². The summed E-state index contributed by atoms with van der Waals surface area (Å²) in [6, 6.07) is 24.7. The van der Waals surface area contributed by atoms with E-state index in [1.807, 2.05) is 44.2 Å². The molecule has 0 spiro atoms. The van der Waals surface area contributed by atoms with E-state index in [1.165, 1.54) is 28.5 Å². The Morgan fingerprint density at radius 3 is 2.39 bits per heavy atom. The fourth-order valence-corrected chi connectivity index (χ4v) is 4.47. The minimum absolute atomic E-state index is 0.0626. The van der Waals surface area contributed by atoms with Crippen LogP contribution in [-0.4, -0.2) is 26.4 Å². The molecule has 1 aromatic heterocycles. The average molecular weight is 457 g/mol. The minimum Gasteiger partial charge on any atom is -0.325 e. The number of hydrogen-bond donors (Lipinski definition) is 1. The predicted molar refractivity (Wildman–Crippen MR) is 135 cm³/mol. The van der Waals surface area contributed by atoms with Gasteiger partial charge in [-0.2, -0.15) is 0 Å². The number of aryl methyl sites for hydroxylation is 3. The van der Waals surface area contributed by atoms with Crippen molar-refractivity contribution in [2.75, 3.05) is 11.1 Å². The summed E-state index contributed by atoms with van der Waals surface area (Å²) >= 11 is 1.40. The Balaban J connectivity index is 1.55. The Labute approximate surface area is 199 Å². The molecule has 0 saturated heterocycles. The van der Waals surface area contributed by atoms with Crippen LogP contribution in [0.2, 0.25) is 0 Å². The van der Waals surface area contributed by atoms with Gasteiger partial charge < -0.3 is 5.32 Å². The summed E-state index contributed by atoms with van der Waals surface area (Å²) in [6.07, 6.45) is 1.65. The maximum atomic E-state index is 12.7. The van der Waals surface area contributed by atoms with Crippen LogP contribution in [0.15, 0.2) is 78.0 Å². The quantitative estimate of drug-likeness (QED) is 0.342. The second kappa shape index (κ2) is 10.5. The maximum Gasteiger partial charge on any atom is 0.234 e. The Bertz CT molecular complexity index is 1230. The molecule has 4 aromatic rings. The molecule has 1 amide bonds. The Morgan fingerprint density at radius 2 is 1.70 bits per heavy atom. The molecule has 5 nitrogen and oxygen atoms in total. The molecule has 0 unspecified atom stereocenters. The van der Waals surface area contributed by atoms with Crippen LogP contribution in [0.1, 0.15) is 35.0 Å². The third-order valence-electron chi connectivity index (χ3n) is 5.50. The number of rotatable bonds is 8. The number of benzene rings is 3. The summed E-state index contributed by atoms with van der Waals surface area (Å²) in [7, 11) is 0. The summed E-state index contributed by atoms with van der Waals surface area (Å²) in [4.78, 5) is 12.7. The van der Waals surface area contributed by atoms with Crippen LogP contribution >= 0.6 is 11.8 Å². The third kappa shape index (κ3) is 5.71. The van der Waals surface area contributed by atoms with Gasteiger partial charge in [-0.3, -0.25) is 9.36 Å². The van der Waals surface area contributed by atoms with Crippen LogP contribution in [0.25, 0.3) is 5.69 Å². The minimum atomic E-state index is -0.0626. The van der Waals surface area contributed by atoms with Crippen LogP contribution in [0.4, 0.5) is 5.69 Å². The number of thioether (sulfide) groups is 1. The number of anilines is 1. The van der Waals surface area contributed by atoms with Gasteiger partial charge in [0.2, 0.25) is 5.91 Å². The van der Waals surface area contributed by atoms with Crippen LogP contribution in [0.5, 0.6) is 0 Å². The monoisotopic (exact) mass is 456 g/mol. The zero-order valence-corrected chi connectivity index (χ0v) is 20.0. The highest BCUT2D eigenvalue weighted by atomic mass is 32.2. The van der Waals surface area contributed by atoms with E-state index in [2.05, 4.69) is 69.5 Å². The van der Waals surface area contributed by atoms with E-state index in [9.17, 15) is 4.79 Å². The first-order valence-electron chi connectivity index (χ1n) is 11.1. The summed E-state index contributed by atoms with van der Waals surface area (Å²) in [5.41, 5.74) is 6.51. The summed E-state index contributed by atoms with van der Waals surface area (Å²) in [5, 5.41) is 12.6. The molecule has 1 N–H and O–H groups in total. The number of amides is 1. The van der Waals surface area contributed by atoms with Gasteiger partial charge in [-0.15, -0.1) is 10.2 Å². The van der Waals surface area contributed by atoms with Crippen molar-refractivity contribution in [2.45, 2.75) is 38.8 Å². The largest absolute Gasteiger partial charge is 0.325 e. The number of nitrogens with zero attached hydrogens (tertiary/aromatic N) is 3. The zero-order chi connectivity index (χ0) is 23.2. The topological polar surface area (TPSA) is 59.8 Å². The Hall–Kier alpha value is -3.38. The van der Waals surface area contributed by atoms with Crippen LogP contribution in [0.3, 0.4) is 0 Å². The lowest BCUT2D eigenvalue weighted by Gasteiger charge is -2.12. The van der Waals surface area contributed by atoms with Crippen LogP contribution in [-0.2, 0) is 17.6 Å². The van der Waals surface area contributed by atoms with E-state index < -0.39 is 0 Å². The Morgan fingerprint density at radius 1 is 0.939 bits per heavy atom. The normalized spacial score (nSPS) is 10.9. The van der Waals surface area contributed by atoms with Gasteiger partial charge in [0.05, 0.1) is 5.75 Å². The van der Waals surface area contributed by atoms with E-state index in [-0.39, 0.29) is 11.7 Å². The van der Waals surface area contributed by atoms with Crippen molar-refractivity contribution in [3.63, 3.8) is 0 Å². The van der Waals surface area contributed by atoms with Gasteiger partial charge in [0.15, 0.2) is 5.16 Å². The molecule has 0 aliphatic carbocycles. The van der Waals surface area contributed by atoms with Crippen molar-refractivity contribution in [3.05, 3.63) is 101 Å². The lowest BCUT2D eigenvalue weighted by molar-refractivity contribution is -0.113. The number of carbonyl (C=O) groups excluding carboxylic acids is 1. The SMILES string of the molecule is CCc1ccc(-n2c(Cc3ccccc3)nnc2SCC(=O)Nc2ccc(C)cc2C)cc1. The fraction of sp³-hybridized carbons (Fsp3) is 0.222. The summed E-state index contributed by atoms with van der Waals surface area (Å²) in [5.74, 6) is 1.04. The van der Waals surface area contributed by atoms with E-state index in [4.69, 9.17) is 0 Å². The summed E-state index contributed by atoms with van der Waals surface area (Å²) < 4.78 is 2.06. The molecule has 0 bridgehead atoms. The molecule has 0 radical (unpaired) electrons. The van der Waals surface area contributed by atoms with Crippen LogP contribution in [0, 0.1) is 13.8 Å². The van der Waals surface area contributed by atoms with E-state index >= 15 is 0 Å². The highest BCUT2D eigenvalue weighted by Crippen LogP contribution is 2.25. The van der Waals surface area contributed by atoms with Gasteiger partial charge in [-0.05, 0) is 55.2 Å². The molecule has 3 aromatic carbocycles. The highest BCUT2D eigenvalue weighted by molar-refractivity contribution is 7.99. The van der Waals surface area contributed by atoms with Crippen molar-refractivity contribution in [1.29, 1.82) is 0 Å². The maximum absolute atomic E-state index is 12.7. The number of hydrogen-bond acceptors (Lipinski definition) is 4. The number of carbonyl (C=O) groups is 1. The number of nitrogens with one attached hydrogen (secondary N) is 1. The standard InChI is InChI=1S/C27H28N4OS/c1-4-21-11-13-23(14-12-21)31-25(17-22-8-6-5-7-9-22)29-30-27(31)33-18-26(32)28-24-15-10-19(2)16-20(24)3/h5-16H,4,17-18H2,1-3H3,(H,28,32). The summed E-state index contributed by atoms with van der Waals surface area (Å²) in [6.45, 7) is 6.19. The number of aromatic nitrogens is 3. The molecule has 33 heavy (non-hydrogen) atoms. The van der Waals surface area contributed by atoms with Gasteiger partial charge >= 0.3 is 0 Å². The lowest BCUT2D eigenvalue weighted by Crippen LogP contribution is -2.15. The molecular formula is C27H28N4OS. The van der Waals surface area contributed by atoms with E-state index in [1.54, 1.807) is 0 Å². The molecular weight excluding hydrogens is 428 g/mol. The molecule has 168 valence electrons. The first-order chi connectivity index (χ1) is 16.0. The van der Waals surface area contributed by atoms with E-state index in [0.29, 0.717) is 11.6 Å². The fourth-order valence-electron chi connectivity index (χ4n) is 3.70. The molecule has 4 rings (SSSR count). The van der Waals surface area contributed by atoms with Crippen molar-refractivity contribution < 1.29 is 4.79 Å². The second-order valence-electron chi connectivity index (χ2n) is 8.07. The highest BCUT2D eigenvalue weighted by Gasteiger charge is 2.17. The molecule has 0 aliphatic rings. The van der Waals surface area contributed by atoms with Crippen molar-refractivity contribution >= 4 is 23.4 Å². The molecule has 6 heteroatoms. The molecule has 1 heterocycles. The first kappa shape index (κ1) is 22.8. The smallest absolute Gasteiger partial charge is 0.234 e. The second-order valence-corrected chi connectivity index (χ2v) is 9.01. The van der Waals surface area contributed by atoms with Gasteiger partial charge in [0.1, 0.15) is 5.82 Å². The Kier molecular flexibility index (Phi) is 7.25. The average Bonchev–Trinajstić information content (AvgIpc) is 3.22. The lowest BCUT2D eigenvalue weighted by atomic mass is 10.1. The molecule has 0 aliphatic heterocycles. The van der Waals surface area contributed by atoms with Gasteiger partial charge in [0, 0.05) is 17.8 Å².